The van der Waals surface area contributed by atoms with Gasteiger partial charge in [-0.25, -0.2) is 0 Å². The van der Waals surface area contributed by atoms with E-state index in [9.17, 15) is 0 Å². The SMILES string of the molecule is C=C(C)/C=N\C. The van der Waals surface area contributed by atoms with Crippen LogP contribution in [0.2, 0.25) is 0 Å². The van der Waals surface area contributed by atoms with Gasteiger partial charge in [-0.1, -0.05) is 6.58 Å². The molecule has 6 heavy (non-hydrogen) atoms. The molecule has 0 aliphatic rings. The number of hydrogen-bond donors (Lipinski definition) is 0. The second-order valence-corrected chi connectivity index (χ2v) is 1.23. The third-order valence-corrected chi connectivity index (χ3v) is 0.349. The monoisotopic (exact) mass is 83.1 g/mol. The molecule has 1 nitrogen and oxygen atoms in total. The quantitative estimate of drug-likeness (QED) is 0.423. The maximum Gasteiger partial charge on any atom is 0.0277 e. The Morgan fingerprint density at radius 1 is 1.83 bits per heavy atom. The predicted molar refractivity (Wildman–Crippen MR) is 29.2 cm³/mol. The first-order chi connectivity index (χ1) is 2.77. The van der Waals surface area contributed by atoms with Crippen molar-refractivity contribution in [3.63, 3.8) is 0 Å². The molecule has 0 aromatic heterocycles. The fourth-order valence-electron chi connectivity index (χ4n) is 0.220. The average molecular weight is 83.1 g/mol. The molecule has 0 N–H and O–H groups in total. The van der Waals surface area contributed by atoms with Crippen molar-refractivity contribution in [2.45, 2.75) is 6.92 Å². The van der Waals surface area contributed by atoms with Crippen molar-refractivity contribution in [3.05, 3.63) is 12.2 Å². The molecule has 0 unspecified atom stereocenters. The van der Waals surface area contributed by atoms with Gasteiger partial charge in [0.2, 0.25) is 0 Å². The lowest BCUT2D eigenvalue weighted by Gasteiger charge is -1.75. The van der Waals surface area contributed by atoms with Gasteiger partial charge in [-0.2, -0.15) is 0 Å². The second-order valence-electron chi connectivity index (χ2n) is 1.23. The maximum absolute atomic E-state index is 3.71. The molecule has 0 aliphatic heterocycles. The highest BCUT2D eigenvalue weighted by Crippen LogP contribution is 1.75. The van der Waals surface area contributed by atoms with Crippen LogP contribution in [-0.4, -0.2) is 13.3 Å². The molecule has 0 fully saturated rings. The van der Waals surface area contributed by atoms with Gasteiger partial charge in [-0.15, -0.1) is 0 Å². The molecule has 0 atom stereocenters. The lowest BCUT2D eigenvalue weighted by atomic mass is 10.4. The zero-order valence-electron chi connectivity index (χ0n) is 4.23. The standard InChI is InChI=1S/C5H9N/c1-5(2)4-6-3/h4H,1H2,2-3H3/b6-4-. The van der Waals surface area contributed by atoms with Gasteiger partial charge in [0.1, 0.15) is 0 Å². The molecule has 0 aromatic rings. The molecule has 0 heterocycles. The molecule has 0 rings (SSSR count). The van der Waals surface area contributed by atoms with E-state index in [0.29, 0.717) is 0 Å². The lowest BCUT2D eigenvalue weighted by molar-refractivity contribution is 1.45. The number of allylic oxidation sites excluding steroid dienone is 1. The summed E-state index contributed by atoms with van der Waals surface area (Å²) in [7, 11) is 1.73. The Bertz CT molecular complexity index is 72.0. The van der Waals surface area contributed by atoms with Gasteiger partial charge in [0, 0.05) is 13.3 Å². The minimum atomic E-state index is 0.998. The first-order valence-electron chi connectivity index (χ1n) is 1.85. The fourth-order valence-corrected chi connectivity index (χ4v) is 0.220. The van der Waals surface area contributed by atoms with E-state index in [2.05, 4.69) is 11.6 Å². The number of aliphatic imine (C=N–C) groups is 1. The molecule has 34 valence electrons. The molecular weight excluding hydrogens is 74.1 g/mol. The molecule has 0 aliphatic carbocycles. The Morgan fingerprint density at radius 2 is 2.33 bits per heavy atom. The van der Waals surface area contributed by atoms with Crippen molar-refractivity contribution in [2.24, 2.45) is 4.99 Å². The number of hydrogen-bond acceptors (Lipinski definition) is 1. The predicted octanol–water partition coefficient (Wildman–Crippen LogP) is 1.26. The van der Waals surface area contributed by atoms with Crippen molar-refractivity contribution in [1.82, 2.24) is 0 Å². The summed E-state index contributed by atoms with van der Waals surface area (Å²) in [4.78, 5) is 3.71. The molecule has 0 spiro atoms. The van der Waals surface area contributed by atoms with Crippen LogP contribution < -0.4 is 0 Å². The van der Waals surface area contributed by atoms with E-state index in [4.69, 9.17) is 0 Å². The molecule has 1 heteroatoms. The van der Waals surface area contributed by atoms with Crippen molar-refractivity contribution in [3.8, 4) is 0 Å². The van der Waals surface area contributed by atoms with Crippen molar-refractivity contribution in [1.29, 1.82) is 0 Å². The topological polar surface area (TPSA) is 12.4 Å². The molecule has 0 radical (unpaired) electrons. The summed E-state index contributed by atoms with van der Waals surface area (Å²) in [5.74, 6) is 0. The second kappa shape index (κ2) is 2.64. The van der Waals surface area contributed by atoms with Crippen LogP contribution in [0.25, 0.3) is 0 Å². The zero-order chi connectivity index (χ0) is 4.99. The van der Waals surface area contributed by atoms with Crippen LogP contribution in [-0.2, 0) is 0 Å². The maximum atomic E-state index is 3.71. The van der Waals surface area contributed by atoms with Crippen LogP contribution >= 0.6 is 0 Å². The fraction of sp³-hybridized carbons (Fsp3) is 0.400. The van der Waals surface area contributed by atoms with E-state index in [-0.39, 0.29) is 0 Å². The van der Waals surface area contributed by atoms with Crippen LogP contribution in [0.5, 0.6) is 0 Å². The van der Waals surface area contributed by atoms with Gasteiger partial charge in [0.15, 0.2) is 0 Å². The molecular formula is C5H9N. The first-order valence-corrected chi connectivity index (χ1v) is 1.85. The molecule has 0 saturated heterocycles. The molecule has 0 amide bonds. The van der Waals surface area contributed by atoms with Crippen molar-refractivity contribution in [2.75, 3.05) is 7.05 Å². The van der Waals surface area contributed by atoms with E-state index >= 15 is 0 Å². The van der Waals surface area contributed by atoms with Gasteiger partial charge in [0.05, 0.1) is 0 Å². The van der Waals surface area contributed by atoms with E-state index in [0.717, 1.165) is 5.57 Å². The smallest absolute Gasteiger partial charge is 0.0277 e. The van der Waals surface area contributed by atoms with Gasteiger partial charge in [-0.05, 0) is 12.5 Å². The normalized spacial score (nSPS) is 9.67. The van der Waals surface area contributed by atoms with Crippen LogP contribution in [0.15, 0.2) is 17.1 Å². The minimum absolute atomic E-state index is 0.998. The van der Waals surface area contributed by atoms with Gasteiger partial charge < -0.3 is 0 Å². The van der Waals surface area contributed by atoms with Crippen LogP contribution in [0, 0.1) is 0 Å². The average Bonchev–Trinajstić information content (AvgIpc) is 1.35. The zero-order valence-corrected chi connectivity index (χ0v) is 4.23. The third-order valence-electron chi connectivity index (χ3n) is 0.349. The Balaban J connectivity index is 3.30. The summed E-state index contributed by atoms with van der Waals surface area (Å²) in [6.45, 7) is 5.51. The molecule has 0 saturated carbocycles. The summed E-state index contributed by atoms with van der Waals surface area (Å²) in [6.07, 6.45) is 1.72. The molecule has 0 aromatic carbocycles. The van der Waals surface area contributed by atoms with Crippen LogP contribution in [0.4, 0.5) is 0 Å². The Morgan fingerprint density at radius 3 is 2.33 bits per heavy atom. The summed E-state index contributed by atoms with van der Waals surface area (Å²) in [5.41, 5.74) is 0.998. The largest absolute Gasteiger partial charge is 0.296 e. The van der Waals surface area contributed by atoms with E-state index in [1.807, 2.05) is 6.92 Å². The van der Waals surface area contributed by atoms with Gasteiger partial charge in [-0.3, -0.25) is 4.99 Å². The number of nitrogens with zero attached hydrogens (tertiary/aromatic N) is 1. The van der Waals surface area contributed by atoms with Gasteiger partial charge >= 0.3 is 0 Å². The lowest BCUT2D eigenvalue weighted by Crippen LogP contribution is -1.68. The van der Waals surface area contributed by atoms with E-state index < -0.39 is 0 Å². The minimum Gasteiger partial charge on any atom is -0.296 e. The Labute approximate surface area is 38.4 Å². The first kappa shape index (κ1) is 5.41. The highest BCUT2D eigenvalue weighted by molar-refractivity contribution is 5.76. The Kier molecular flexibility index (Phi) is 2.38. The van der Waals surface area contributed by atoms with Crippen molar-refractivity contribution >= 4 is 6.21 Å². The van der Waals surface area contributed by atoms with Crippen LogP contribution in [0.3, 0.4) is 0 Å². The van der Waals surface area contributed by atoms with E-state index in [1.165, 1.54) is 0 Å². The summed E-state index contributed by atoms with van der Waals surface area (Å²) in [5, 5.41) is 0. The van der Waals surface area contributed by atoms with Crippen molar-refractivity contribution < 1.29 is 0 Å². The molecule has 0 bridgehead atoms. The third kappa shape index (κ3) is 3.41. The van der Waals surface area contributed by atoms with E-state index in [1.54, 1.807) is 13.3 Å². The summed E-state index contributed by atoms with van der Waals surface area (Å²) < 4.78 is 0. The van der Waals surface area contributed by atoms with Crippen LogP contribution in [0.1, 0.15) is 6.92 Å². The Hall–Kier alpha value is -0.590. The summed E-state index contributed by atoms with van der Waals surface area (Å²) in [6, 6.07) is 0. The summed E-state index contributed by atoms with van der Waals surface area (Å²) >= 11 is 0. The van der Waals surface area contributed by atoms with Gasteiger partial charge in [0.25, 0.3) is 0 Å². The highest BCUT2D eigenvalue weighted by Gasteiger charge is 1.65. The highest BCUT2D eigenvalue weighted by atomic mass is 14.6. The number of rotatable bonds is 1.